The van der Waals surface area contributed by atoms with E-state index in [0.717, 1.165) is 31.8 Å². The van der Waals surface area contributed by atoms with Crippen molar-refractivity contribution in [2.75, 3.05) is 0 Å². The number of benzene rings is 3. The topological polar surface area (TPSA) is 62.9 Å². The number of allylic oxidation sites excluding steroid dienone is 2. The van der Waals surface area contributed by atoms with Crippen LogP contribution in [-0.2, 0) is 6.54 Å². The van der Waals surface area contributed by atoms with Gasteiger partial charge in [-0.2, -0.15) is 10.1 Å². The fourth-order valence-corrected chi connectivity index (χ4v) is 4.91. The number of rotatable bonds is 3. The Hall–Kier alpha value is -3.82. The number of halogens is 2. The highest BCUT2D eigenvalue weighted by Gasteiger charge is 2.24. The van der Waals surface area contributed by atoms with Gasteiger partial charge in [-0.3, -0.25) is 4.79 Å². The van der Waals surface area contributed by atoms with Crippen LogP contribution in [-0.4, -0.2) is 32.3 Å². The molecular weight excluding hydrogens is 597 g/mol. The standard InChI is InChI=1S/C29H19ClIN5O/c30-21-12-10-19(11-13-21)27-25(18-36(34-27)23-7-2-1-3-8-23)29(37)33-28-24-9-5-4-6-20(24)16-35-17-22(31)14-15-26(35)32-28/h1-15,17-18H,16H2. The van der Waals surface area contributed by atoms with Crippen LogP contribution < -0.4 is 0 Å². The predicted molar refractivity (Wildman–Crippen MR) is 156 cm³/mol. The van der Waals surface area contributed by atoms with Crippen molar-refractivity contribution < 1.29 is 4.79 Å². The molecule has 0 bridgehead atoms. The molecule has 2 aliphatic rings. The Labute approximate surface area is 232 Å². The van der Waals surface area contributed by atoms with Gasteiger partial charge in [0.1, 0.15) is 11.5 Å². The number of amidine groups is 2. The van der Waals surface area contributed by atoms with Crippen LogP contribution in [0, 0.1) is 0 Å². The van der Waals surface area contributed by atoms with Gasteiger partial charge < -0.3 is 4.90 Å². The van der Waals surface area contributed by atoms with Gasteiger partial charge in [-0.1, -0.05) is 66.2 Å². The van der Waals surface area contributed by atoms with E-state index in [-0.39, 0.29) is 0 Å². The van der Waals surface area contributed by atoms with Crippen LogP contribution in [0.5, 0.6) is 0 Å². The summed E-state index contributed by atoms with van der Waals surface area (Å²) in [6.45, 7) is 0.640. The third-order valence-electron chi connectivity index (χ3n) is 6.07. The Bertz CT molecular complexity index is 1630. The smallest absolute Gasteiger partial charge is 0.282 e. The van der Waals surface area contributed by atoms with Crippen molar-refractivity contribution in [1.82, 2.24) is 14.7 Å². The van der Waals surface area contributed by atoms with Crippen LogP contribution in [0.4, 0.5) is 0 Å². The zero-order valence-electron chi connectivity index (χ0n) is 19.4. The van der Waals surface area contributed by atoms with Crippen molar-refractivity contribution >= 4 is 51.8 Å². The molecule has 0 spiro atoms. The van der Waals surface area contributed by atoms with E-state index in [4.69, 9.17) is 21.7 Å². The minimum atomic E-state index is -0.417. The average Bonchev–Trinajstić information content (AvgIpc) is 3.30. The summed E-state index contributed by atoms with van der Waals surface area (Å²) in [5.74, 6) is 0.697. The maximum Gasteiger partial charge on any atom is 0.282 e. The number of carbonyl (C=O) groups excluding carboxylic acids is 1. The Balaban J connectivity index is 1.48. The van der Waals surface area contributed by atoms with E-state index >= 15 is 0 Å². The van der Waals surface area contributed by atoms with E-state index < -0.39 is 5.91 Å². The van der Waals surface area contributed by atoms with Gasteiger partial charge in [-0.05, 0) is 64.6 Å². The Kier molecular flexibility index (Phi) is 6.31. The molecule has 0 saturated heterocycles. The molecule has 180 valence electrons. The summed E-state index contributed by atoms with van der Waals surface area (Å²) in [5.41, 5.74) is 4.40. The molecule has 0 radical (unpaired) electrons. The number of carbonyl (C=O) groups is 1. The molecule has 0 unspecified atom stereocenters. The van der Waals surface area contributed by atoms with Crippen molar-refractivity contribution in [1.29, 1.82) is 0 Å². The second-order valence-electron chi connectivity index (χ2n) is 8.52. The van der Waals surface area contributed by atoms with E-state index in [1.807, 2.05) is 85.1 Å². The number of nitrogens with zero attached hydrogens (tertiary/aromatic N) is 5. The normalized spacial score (nSPS) is 15.5. The van der Waals surface area contributed by atoms with Crippen molar-refractivity contribution in [3.05, 3.63) is 129 Å². The predicted octanol–water partition coefficient (Wildman–Crippen LogP) is 6.84. The van der Waals surface area contributed by atoms with Gasteiger partial charge in [0, 0.05) is 38.7 Å². The summed E-state index contributed by atoms with van der Waals surface area (Å²) >= 11 is 8.40. The average molecular weight is 616 g/mol. The summed E-state index contributed by atoms with van der Waals surface area (Å²) in [6.07, 6.45) is 7.71. The molecule has 6 rings (SSSR count). The molecule has 3 aromatic carbocycles. The fraction of sp³-hybridized carbons (Fsp3) is 0.0345. The third kappa shape index (κ3) is 4.80. The highest BCUT2D eigenvalue weighted by atomic mass is 127. The van der Waals surface area contributed by atoms with Crippen molar-refractivity contribution in [3.8, 4) is 16.9 Å². The zero-order valence-corrected chi connectivity index (χ0v) is 22.3. The van der Waals surface area contributed by atoms with Crippen molar-refractivity contribution in [3.63, 3.8) is 0 Å². The molecule has 4 aromatic rings. The number of hydrogen-bond donors (Lipinski definition) is 0. The largest absolute Gasteiger partial charge is 0.327 e. The number of aliphatic imine (C=N–C) groups is 2. The second kappa shape index (κ2) is 9.91. The number of hydrogen-bond acceptors (Lipinski definition) is 3. The molecule has 3 heterocycles. The lowest BCUT2D eigenvalue weighted by Crippen LogP contribution is -2.24. The Morgan fingerprint density at radius 2 is 1.70 bits per heavy atom. The van der Waals surface area contributed by atoms with E-state index in [0.29, 0.717) is 28.7 Å². The highest BCUT2D eigenvalue weighted by Crippen LogP contribution is 2.28. The molecule has 8 heteroatoms. The number of amides is 1. The third-order valence-corrected chi connectivity index (χ3v) is 6.97. The van der Waals surface area contributed by atoms with Gasteiger partial charge in [0.25, 0.3) is 5.91 Å². The SMILES string of the molecule is O=C(N=C1N=C2C=CC(I)=CN2Cc2ccccc21)c1cn(-c2ccccc2)nc1-c1ccc(Cl)cc1. The monoisotopic (exact) mass is 615 g/mol. The zero-order chi connectivity index (χ0) is 25.4. The fourth-order valence-electron chi connectivity index (χ4n) is 4.27. The number of para-hydroxylation sites is 1. The summed E-state index contributed by atoms with van der Waals surface area (Å²) in [5, 5.41) is 5.36. The molecule has 1 aromatic heterocycles. The van der Waals surface area contributed by atoms with Gasteiger partial charge in [-0.15, -0.1) is 0 Å². The lowest BCUT2D eigenvalue weighted by Gasteiger charge is -2.21. The van der Waals surface area contributed by atoms with Crippen LogP contribution in [0.1, 0.15) is 21.5 Å². The van der Waals surface area contributed by atoms with Gasteiger partial charge >= 0.3 is 0 Å². The molecule has 37 heavy (non-hydrogen) atoms. The molecule has 0 N–H and O–H groups in total. The van der Waals surface area contributed by atoms with Crippen LogP contribution in [0.3, 0.4) is 0 Å². The number of aromatic nitrogens is 2. The maximum absolute atomic E-state index is 13.8. The first-order valence-electron chi connectivity index (χ1n) is 11.6. The lowest BCUT2D eigenvalue weighted by atomic mass is 10.1. The van der Waals surface area contributed by atoms with Crippen LogP contribution in [0.25, 0.3) is 16.9 Å². The van der Waals surface area contributed by atoms with E-state index in [1.54, 1.807) is 23.0 Å². The summed E-state index contributed by atoms with van der Waals surface area (Å²) < 4.78 is 2.80. The molecule has 2 aliphatic heterocycles. The summed E-state index contributed by atoms with van der Waals surface area (Å²) in [4.78, 5) is 25.2. The first-order valence-corrected chi connectivity index (χ1v) is 13.0. The van der Waals surface area contributed by atoms with Crippen molar-refractivity contribution in [2.24, 2.45) is 9.98 Å². The highest BCUT2D eigenvalue weighted by molar-refractivity contribution is 14.1. The van der Waals surface area contributed by atoms with Gasteiger partial charge in [0.05, 0.1) is 11.3 Å². The molecule has 0 atom stereocenters. The maximum atomic E-state index is 13.8. The second-order valence-corrected chi connectivity index (χ2v) is 10.2. The first kappa shape index (κ1) is 23.6. The van der Waals surface area contributed by atoms with Gasteiger partial charge in [0.2, 0.25) is 0 Å². The quantitative estimate of drug-likeness (QED) is 0.237. The molecule has 0 saturated carbocycles. The minimum Gasteiger partial charge on any atom is -0.327 e. The lowest BCUT2D eigenvalue weighted by molar-refractivity contribution is 0.100. The van der Waals surface area contributed by atoms with Crippen molar-refractivity contribution in [2.45, 2.75) is 6.54 Å². The van der Waals surface area contributed by atoms with Gasteiger partial charge in [0.15, 0.2) is 5.84 Å². The van der Waals surface area contributed by atoms with Crippen LogP contribution >= 0.6 is 34.2 Å². The minimum absolute atomic E-state index is 0.377. The molecule has 0 fully saturated rings. The molecular formula is C29H19ClIN5O. The summed E-state index contributed by atoms with van der Waals surface area (Å²) in [6, 6.07) is 24.9. The van der Waals surface area contributed by atoms with E-state index in [2.05, 4.69) is 32.5 Å². The molecule has 6 nitrogen and oxygen atoms in total. The van der Waals surface area contributed by atoms with E-state index in [9.17, 15) is 4.79 Å². The van der Waals surface area contributed by atoms with Crippen LogP contribution in [0.2, 0.25) is 5.02 Å². The van der Waals surface area contributed by atoms with Crippen LogP contribution in [0.15, 0.2) is 117 Å². The molecule has 0 aliphatic carbocycles. The Morgan fingerprint density at radius 3 is 2.51 bits per heavy atom. The van der Waals surface area contributed by atoms with E-state index in [1.165, 1.54) is 0 Å². The molecule has 1 amide bonds. The first-order chi connectivity index (χ1) is 18.0. The summed E-state index contributed by atoms with van der Waals surface area (Å²) in [7, 11) is 0. The number of fused-ring (bicyclic) bond motifs is 2. The van der Waals surface area contributed by atoms with Gasteiger partial charge in [-0.25, -0.2) is 9.67 Å². The Morgan fingerprint density at radius 1 is 0.946 bits per heavy atom.